The lowest BCUT2D eigenvalue weighted by molar-refractivity contribution is 0.417. The van der Waals surface area contributed by atoms with Crippen LogP contribution in [0.25, 0.3) is 0 Å². The quantitative estimate of drug-likeness (QED) is 0.815. The molecule has 0 aliphatic carbocycles. The van der Waals surface area contributed by atoms with Crippen molar-refractivity contribution in [2.24, 2.45) is 0 Å². The van der Waals surface area contributed by atoms with Gasteiger partial charge < -0.3 is 15.8 Å². The summed E-state index contributed by atoms with van der Waals surface area (Å²) in [5.74, 6) is 0.319. The van der Waals surface area contributed by atoms with E-state index in [-0.39, 0.29) is 5.82 Å². The van der Waals surface area contributed by atoms with Crippen LogP contribution in [0.1, 0.15) is 5.56 Å². The molecular weight excluding hydrogens is 231 g/mol. The zero-order valence-corrected chi connectivity index (χ0v) is 10.3. The van der Waals surface area contributed by atoms with Gasteiger partial charge in [0.1, 0.15) is 11.6 Å². The first-order chi connectivity index (χ1) is 8.60. The van der Waals surface area contributed by atoms with E-state index in [1.807, 2.05) is 13.0 Å². The molecule has 0 amide bonds. The summed E-state index contributed by atoms with van der Waals surface area (Å²) in [4.78, 5) is 0. The molecule has 18 heavy (non-hydrogen) atoms. The number of methoxy groups -OCH3 is 1. The summed E-state index contributed by atoms with van der Waals surface area (Å²) in [6, 6.07) is 9.96. The highest BCUT2D eigenvalue weighted by molar-refractivity contribution is 5.68. The number of aryl methyl sites for hydroxylation is 1. The second kappa shape index (κ2) is 4.96. The first-order valence-electron chi connectivity index (χ1n) is 5.57. The Labute approximate surface area is 105 Å². The van der Waals surface area contributed by atoms with Crippen molar-refractivity contribution in [3.8, 4) is 5.75 Å². The molecule has 0 spiro atoms. The van der Waals surface area contributed by atoms with Gasteiger partial charge in [-0.2, -0.15) is 0 Å². The van der Waals surface area contributed by atoms with Gasteiger partial charge in [-0.25, -0.2) is 4.39 Å². The molecule has 3 N–H and O–H groups in total. The third-order valence-electron chi connectivity index (χ3n) is 2.71. The molecule has 0 aromatic heterocycles. The van der Waals surface area contributed by atoms with Gasteiger partial charge in [0.05, 0.1) is 12.8 Å². The summed E-state index contributed by atoms with van der Waals surface area (Å²) >= 11 is 0. The molecule has 2 aromatic rings. The summed E-state index contributed by atoms with van der Waals surface area (Å²) < 4.78 is 18.3. The highest BCUT2D eigenvalue weighted by Gasteiger charge is 2.04. The van der Waals surface area contributed by atoms with Crippen molar-refractivity contribution in [2.45, 2.75) is 6.92 Å². The van der Waals surface area contributed by atoms with Crippen LogP contribution in [0, 0.1) is 12.7 Å². The SMILES string of the molecule is COc1cc(Nc2cc(F)ccc2C)ccc1N. The standard InChI is InChI=1S/C14H15FN2O/c1-9-3-4-10(15)7-13(9)17-11-5-6-12(16)14(8-11)18-2/h3-8,17H,16H2,1-2H3. The molecule has 0 fully saturated rings. The fourth-order valence-corrected chi connectivity index (χ4v) is 1.67. The monoisotopic (exact) mass is 246 g/mol. The number of hydrogen-bond donors (Lipinski definition) is 2. The molecule has 0 aliphatic rings. The molecule has 0 bridgehead atoms. The van der Waals surface area contributed by atoms with Gasteiger partial charge in [0.15, 0.2) is 0 Å². The smallest absolute Gasteiger partial charge is 0.143 e. The van der Waals surface area contributed by atoms with Gasteiger partial charge in [-0.3, -0.25) is 0 Å². The molecule has 0 saturated carbocycles. The zero-order valence-electron chi connectivity index (χ0n) is 10.3. The Bertz CT molecular complexity index is 570. The Morgan fingerprint density at radius 3 is 2.67 bits per heavy atom. The second-order valence-electron chi connectivity index (χ2n) is 4.04. The van der Waals surface area contributed by atoms with Crippen LogP contribution in [0.4, 0.5) is 21.5 Å². The number of benzene rings is 2. The van der Waals surface area contributed by atoms with Gasteiger partial charge in [-0.05, 0) is 36.8 Å². The Morgan fingerprint density at radius 1 is 1.17 bits per heavy atom. The summed E-state index contributed by atoms with van der Waals surface area (Å²) in [5.41, 5.74) is 8.79. The number of nitrogen functional groups attached to an aromatic ring is 1. The Hall–Kier alpha value is -2.23. The first kappa shape index (κ1) is 12.2. The highest BCUT2D eigenvalue weighted by atomic mass is 19.1. The van der Waals surface area contributed by atoms with Gasteiger partial charge in [0.2, 0.25) is 0 Å². The van der Waals surface area contributed by atoms with Gasteiger partial charge in [-0.15, -0.1) is 0 Å². The van der Waals surface area contributed by atoms with E-state index in [1.54, 1.807) is 25.3 Å². The summed E-state index contributed by atoms with van der Waals surface area (Å²) in [6.45, 7) is 1.91. The van der Waals surface area contributed by atoms with Gasteiger partial charge in [0, 0.05) is 17.4 Å². The second-order valence-corrected chi connectivity index (χ2v) is 4.04. The van der Waals surface area contributed by atoms with Crippen LogP contribution >= 0.6 is 0 Å². The predicted octanol–water partition coefficient (Wildman–Crippen LogP) is 3.47. The third kappa shape index (κ3) is 2.53. The van der Waals surface area contributed by atoms with Crippen molar-refractivity contribution in [3.05, 3.63) is 47.8 Å². The number of ether oxygens (including phenoxy) is 1. The van der Waals surface area contributed by atoms with Gasteiger partial charge >= 0.3 is 0 Å². The van der Waals surface area contributed by atoms with Gasteiger partial charge in [0.25, 0.3) is 0 Å². The molecule has 0 heterocycles. The van der Waals surface area contributed by atoms with Crippen LogP contribution in [-0.2, 0) is 0 Å². The van der Waals surface area contributed by atoms with E-state index >= 15 is 0 Å². The minimum Gasteiger partial charge on any atom is -0.495 e. The first-order valence-corrected chi connectivity index (χ1v) is 5.57. The number of rotatable bonds is 3. The molecule has 2 aromatic carbocycles. The Kier molecular flexibility index (Phi) is 3.37. The van der Waals surface area contributed by atoms with Crippen molar-refractivity contribution in [1.82, 2.24) is 0 Å². The number of nitrogens with two attached hydrogens (primary N) is 1. The lowest BCUT2D eigenvalue weighted by atomic mass is 10.2. The van der Waals surface area contributed by atoms with Crippen LogP contribution in [0.5, 0.6) is 5.75 Å². The summed E-state index contributed by atoms with van der Waals surface area (Å²) in [5, 5.41) is 3.14. The van der Waals surface area contributed by atoms with Crippen LogP contribution in [0.15, 0.2) is 36.4 Å². The van der Waals surface area contributed by atoms with Crippen molar-refractivity contribution in [1.29, 1.82) is 0 Å². The molecular formula is C14H15FN2O. The summed E-state index contributed by atoms with van der Waals surface area (Å²) in [7, 11) is 1.56. The third-order valence-corrected chi connectivity index (χ3v) is 2.71. The van der Waals surface area contributed by atoms with Crippen molar-refractivity contribution < 1.29 is 9.13 Å². The Balaban J connectivity index is 2.31. The van der Waals surface area contributed by atoms with Crippen LogP contribution in [0.3, 0.4) is 0 Å². The lowest BCUT2D eigenvalue weighted by Crippen LogP contribution is -1.97. The molecule has 2 rings (SSSR count). The lowest BCUT2D eigenvalue weighted by Gasteiger charge is -2.12. The molecule has 0 radical (unpaired) electrons. The molecule has 0 atom stereocenters. The van der Waals surface area contributed by atoms with E-state index in [0.29, 0.717) is 11.4 Å². The fourth-order valence-electron chi connectivity index (χ4n) is 1.67. The predicted molar refractivity (Wildman–Crippen MR) is 71.8 cm³/mol. The number of nitrogens with one attached hydrogen (secondary N) is 1. The van der Waals surface area contributed by atoms with E-state index in [1.165, 1.54) is 12.1 Å². The fraction of sp³-hybridized carbons (Fsp3) is 0.143. The molecule has 0 aliphatic heterocycles. The van der Waals surface area contributed by atoms with E-state index in [4.69, 9.17) is 10.5 Å². The maximum atomic E-state index is 13.2. The van der Waals surface area contributed by atoms with E-state index < -0.39 is 0 Å². The maximum absolute atomic E-state index is 13.2. The average Bonchev–Trinajstić information content (AvgIpc) is 2.36. The van der Waals surface area contributed by atoms with Crippen molar-refractivity contribution in [3.63, 3.8) is 0 Å². The minimum atomic E-state index is -0.273. The number of hydrogen-bond acceptors (Lipinski definition) is 3. The van der Waals surface area contributed by atoms with Gasteiger partial charge in [-0.1, -0.05) is 6.07 Å². The molecule has 0 unspecified atom stereocenters. The zero-order chi connectivity index (χ0) is 13.1. The minimum absolute atomic E-state index is 0.273. The highest BCUT2D eigenvalue weighted by Crippen LogP contribution is 2.28. The molecule has 94 valence electrons. The van der Waals surface area contributed by atoms with E-state index in [9.17, 15) is 4.39 Å². The maximum Gasteiger partial charge on any atom is 0.143 e. The molecule has 0 saturated heterocycles. The molecule has 3 nitrogen and oxygen atoms in total. The van der Waals surface area contributed by atoms with Crippen LogP contribution < -0.4 is 15.8 Å². The number of halogens is 1. The summed E-state index contributed by atoms with van der Waals surface area (Å²) in [6.07, 6.45) is 0. The van der Waals surface area contributed by atoms with Crippen molar-refractivity contribution in [2.75, 3.05) is 18.2 Å². The largest absolute Gasteiger partial charge is 0.495 e. The van der Waals surface area contributed by atoms with Crippen molar-refractivity contribution >= 4 is 17.1 Å². The normalized spacial score (nSPS) is 10.2. The topological polar surface area (TPSA) is 47.3 Å². The molecule has 4 heteroatoms. The Morgan fingerprint density at radius 2 is 1.94 bits per heavy atom. The van der Waals surface area contributed by atoms with Crippen LogP contribution in [-0.4, -0.2) is 7.11 Å². The van der Waals surface area contributed by atoms with E-state index in [2.05, 4.69) is 5.32 Å². The number of anilines is 3. The van der Waals surface area contributed by atoms with E-state index in [0.717, 1.165) is 16.9 Å². The average molecular weight is 246 g/mol. The van der Waals surface area contributed by atoms with Crippen LogP contribution in [0.2, 0.25) is 0 Å².